The van der Waals surface area contributed by atoms with E-state index < -0.39 is 0 Å². The number of nitrogens with one attached hydrogen (secondary N) is 1. The Labute approximate surface area is 171 Å². The molecule has 5 aliphatic rings. The molecule has 28 heavy (non-hydrogen) atoms. The molecule has 6 nitrogen and oxygen atoms in total. The van der Waals surface area contributed by atoms with Crippen LogP contribution < -0.4 is 14.8 Å². The van der Waals surface area contributed by atoms with Crippen molar-refractivity contribution >= 4 is 34.0 Å². The third kappa shape index (κ3) is 2.63. The van der Waals surface area contributed by atoms with E-state index in [0.717, 1.165) is 22.8 Å². The van der Waals surface area contributed by atoms with Gasteiger partial charge in [0.2, 0.25) is 11.9 Å². The van der Waals surface area contributed by atoms with Crippen molar-refractivity contribution < 1.29 is 14.3 Å². The predicted molar refractivity (Wildman–Crippen MR) is 105 cm³/mol. The van der Waals surface area contributed by atoms with Crippen LogP contribution in [0.15, 0.2) is 12.1 Å². The van der Waals surface area contributed by atoms with Crippen LogP contribution in [0.25, 0.3) is 0 Å². The maximum absolute atomic E-state index is 12.7. The summed E-state index contributed by atoms with van der Waals surface area (Å²) in [6.45, 7) is 0.116. The van der Waals surface area contributed by atoms with Gasteiger partial charge in [0.15, 0.2) is 11.5 Å². The van der Waals surface area contributed by atoms with Crippen molar-refractivity contribution in [3.05, 3.63) is 27.7 Å². The monoisotopic (exact) mass is 417 g/mol. The Kier molecular flexibility index (Phi) is 3.69. The second-order valence-electron chi connectivity index (χ2n) is 8.76. The molecule has 8 heteroatoms. The first-order valence-corrected chi connectivity index (χ1v) is 11.0. The van der Waals surface area contributed by atoms with Crippen molar-refractivity contribution in [3.8, 4) is 11.5 Å². The summed E-state index contributed by atoms with van der Waals surface area (Å²) >= 11 is 7.72. The van der Waals surface area contributed by atoms with Gasteiger partial charge in [-0.05, 0) is 68.4 Å². The summed E-state index contributed by atoms with van der Waals surface area (Å²) in [6, 6.07) is 3.23. The normalized spacial score (nSPS) is 32.0. The van der Waals surface area contributed by atoms with Crippen molar-refractivity contribution in [3.63, 3.8) is 0 Å². The molecule has 0 radical (unpaired) electrons. The van der Waals surface area contributed by atoms with Gasteiger partial charge in [0.25, 0.3) is 5.91 Å². The Morgan fingerprint density at radius 3 is 2.54 bits per heavy atom. The fourth-order valence-electron chi connectivity index (χ4n) is 6.13. The third-order valence-electron chi connectivity index (χ3n) is 6.83. The summed E-state index contributed by atoms with van der Waals surface area (Å²) in [5, 5.41) is 13.7. The molecule has 0 unspecified atom stereocenters. The van der Waals surface area contributed by atoms with Gasteiger partial charge in [-0.3, -0.25) is 10.1 Å². The van der Waals surface area contributed by atoms with E-state index in [-0.39, 0.29) is 18.1 Å². The van der Waals surface area contributed by atoms with E-state index in [9.17, 15) is 4.79 Å². The lowest BCUT2D eigenvalue weighted by atomic mass is 9.50. The second-order valence-corrected chi connectivity index (χ2v) is 10.1. The molecule has 1 N–H and O–H groups in total. The van der Waals surface area contributed by atoms with Gasteiger partial charge in [0, 0.05) is 11.0 Å². The molecule has 0 saturated heterocycles. The van der Waals surface area contributed by atoms with Crippen molar-refractivity contribution in [2.45, 2.75) is 43.9 Å². The molecule has 7 rings (SSSR count). The zero-order chi connectivity index (χ0) is 18.9. The average Bonchev–Trinajstić information content (AvgIpc) is 3.30. The van der Waals surface area contributed by atoms with Crippen LogP contribution in [-0.4, -0.2) is 22.9 Å². The second kappa shape index (κ2) is 6.07. The standard InChI is InChI=1S/C20H20ClN3O3S/c21-14-4-13(5-15-16(14)27-9-26-15)17(25)22-19-24-23-18(28-19)20-6-10-1-11(7-20)3-12(2-10)8-20/h4-5,10-12H,1-3,6-9H2,(H,22,24,25). The number of hydrogen-bond acceptors (Lipinski definition) is 6. The number of nitrogens with zero attached hydrogens (tertiary/aromatic N) is 2. The Hall–Kier alpha value is -1.86. The van der Waals surface area contributed by atoms with Gasteiger partial charge in [-0.25, -0.2) is 0 Å². The number of carbonyl (C=O) groups excluding carboxylic acids is 1. The molecule has 1 aromatic heterocycles. The van der Waals surface area contributed by atoms with Crippen molar-refractivity contribution in [2.24, 2.45) is 17.8 Å². The van der Waals surface area contributed by atoms with Gasteiger partial charge in [-0.15, -0.1) is 10.2 Å². The number of benzene rings is 1. The average molecular weight is 418 g/mol. The minimum absolute atomic E-state index is 0.116. The Balaban J connectivity index is 1.23. The molecule has 2 aromatic rings. The van der Waals surface area contributed by atoms with Gasteiger partial charge in [0.1, 0.15) is 5.01 Å². The molecule has 4 saturated carbocycles. The number of carbonyl (C=O) groups is 1. The summed E-state index contributed by atoms with van der Waals surface area (Å²) in [7, 11) is 0. The number of rotatable bonds is 3. The zero-order valence-corrected chi connectivity index (χ0v) is 16.8. The van der Waals surface area contributed by atoms with Crippen LogP contribution in [0.5, 0.6) is 11.5 Å². The minimum atomic E-state index is -0.270. The first-order chi connectivity index (χ1) is 13.6. The van der Waals surface area contributed by atoms with Crippen molar-refractivity contribution in [2.75, 3.05) is 12.1 Å². The van der Waals surface area contributed by atoms with E-state index in [4.69, 9.17) is 21.1 Å². The first-order valence-electron chi connectivity index (χ1n) is 9.82. The number of aromatic nitrogens is 2. The van der Waals surface area contributed by atoms with E-state index in [1.165, 1.54) is 49.9 Å². The van der Waals surface area contributed by atoms with Crippen LogP contribution in [0.1, 0.15) is 53.9 Å². The smallest absolute Gasteiger partial charge is 0.257 e. The predicted octanol–water partition coefficient (Wildman–Crippen LogP) is 4.64. The van der Waals surface area contributed by atoms with Crippen LogP contribution in [0.4, 0.5) is 5.13 Å². The summed E-state index contributed by atoms with van der Waals surface area (Å²) in [5.74, 6) is 3.26. The molecule has 1 amide bonds. The minimum Gasteiger partial charge on any atom is -0.454 e. The van der Waals surface area contributed by atoms with E-state index in [1.807, 2.05) is 0 Å². The summed E-state index contributed by atoms with van der Waals surface area (Å²) in [5.41, 5.74) is 0.609. The lowest BCUT2D eigenvalue weighted by molar-refractivity contribution is -0.00555. The van der Waals surface area contributed by atoms with Crippen LogP contribution in [-0.2, 0) is 5.41 Å². The van der Waals surface area contributed by atoms with Gasteiger partial charge in [-0.1, -0.05) is 22.9 Å². The number of fused-ring (bicyclic) bond motifs is 1. The Morgan fingerprint density at radius 1 is 1.11 bits per heavy atom. The molecule has 1 aliphatic heterocycles. The highest BCUT2D eigenvalue weighted by molar-refractivity contribution is 7.15. The SMILES string of the molecule is O=C(Nc1nnc(C23CC4CC(CC(C4)C2)C3)s1)c1cc(Cl)c2c(c1)OCO2. The number of halogens is 1. The van der Waals surface area contributed by atoms with Gasteiger partial charge >= 0.3 is 0 Å². The lowest BCUT2D eigenvalue weighted by Crippen LogP contribution is -2.48. The van der Waals surface area contributed by atoms with Gasteiger partial charge < -0.3 is 9.47 Å². The fourth-order valence-corrected chi connectivity index (χ4v) is 7.35. The van der Waals surface area contributed by atoms with E-state index in [1.54, 1.807) is 12.1 Å². The molecular formula is C20H20ClN3O3S. The maximum Gasteiger partial charge on any atom is 0.257 e. The quantitative estimate of drug-likeness (QED) is 0.787. The molecule has 0 spiro atoms. The van der Waals surface area contributed by atoms with E-state index >= 15 is 0 Å². The Bertz CT molecular complexity index is 940. The van der Waals surface area contributed by atoms with Gasteiger partial charge in [-0.2, -0.15) is 0 Å². The highest BCUT2D eigenvalue weighted by Gasteiger charge is 2.53. The maximum atomic E-state index is 12.7. The number of anilines is 1. The number of hydrogen-bond donors (Lipinski definition) is 1. The first kappa shape index (κ1) is 17.0. The largest absolute Gasteiger partial charge is 0.454 e. The highest BCUT2D eigenvalue weighted by atomic mass is 35.5. The van der Waals surface area contributed by atoms with Crippen molar-refractivity contribution in [1.82, 2.24) is 10.2 Å². The van der Waals surface area contributed by atoms with E-state index in [2.05, 4.69) is 15.5 Å². The molecule has 4 fully saturated rings. The molecule has 0 atom stereocenters. The third-order valence-corrected chi connectivity index (χ3v) is 8.19. The number of ether oxygens (including phenoxy) is 2. The van der Waals surface area contributed by atoms with Crippen LogP contribution in [0.2, 0.25) is 5.02 Å². The molecule has 2 heterocycles. The molecule has 146 valence electrons. The fraction of sp³-hybridized carbons (Fsp3) is 0.550. The van der Waals surface area contributed by atoms with Crippen LogP contribution >= 0.6 is 22.9 Å². The summed E-state index contributed by atoms with van der Waals surface area (Å²) < 4.78 is 10.6. The molecule has 4 bridgehead atoms. The van der Waals surface area contributed by atoms with Gasteiger partial charge in [0.05, 0.1) is 5.02 Å². The van der Waals surface area contributed by atoms with E-state index in [0.29, 0.717) is 27.2 Å². The van der Waals surface area contributed by atoms with Crippen LogP contribution in [0, 0.1) is 17.8 Å². The molecule has 1 aromatic carbocycles. The lowest BCUT2D eigenvalue weighted by Gasteiger charge is -2.55. The van der Waals surface area contributed by atoms with Crippen molar-refractivity contribution in [1.29, 1.82) is 0 Å². The Morgan fingerprint density at radius 2 is 1.82 bits per heavy atom. The van der Waals surface area contributed by atoms with Crippen LogP contribution in [0.3, 0.4) is 0 Å². The topological polar surface area (TPSA) is 73.3 Å². The number of amides is 1. The molecular weight excluding hydrogens is 398 g/mol. The highest BCUT2D eigenvalue weighted by Crippen LogP contribution is 2.61. The molecule has 4 aliphatic carbocycles. The zero-order valence-electron chi connectivity index (χ0n) is 15.2. The summed E-state index contributed by atoms with van der Waals surface area (Å²) in [4.78, 5) is 12.7. The summed E-state index contributed by atoms with van der Waals surface area (Å²) in [6.07, 6.45) is 7.89.